The number of carboxylic acid groups (broad SMARTS) is 1. The van der Waals surface area contributed by atoms with E-state index < -0.39 is 17.9 Å². The van der Waals surface area contributed by atoms with Crippen LogP contribution in [0.25, 0.3) is 0 Å². The molecule has 0 radical (unpaired) electrons. The molecular formula is C17H17ClN2O4. The number of carboxylic acids is 1. The van der Waals surface area contributed by atoms with E-state index in [0.29, 0.717) is 22.1 Å². The molecule has 126 valence electrons. The Morgan fingerprint density at radius 1 is 1.21 bits per heavy atom. The van der Waals surface area contributed by atoms with E-state index >= 15 is 0 Å². The Hall–Kier alpha value is -2.73. The van der Waals surface area contributed by atoms with E-state index in [1.807, 2.05) is 0 Å². The lowest BCUT2D eigenvalue weighted by Gasteiger charge is -2.21. The molecule has 0 aromatic heterocycles. The van der Waals surface area contributed by atoms with Crippen LogP contribution in [-0.2, 0) is 4.79 Å². The quantitative estimate of drug-likeness (QED) is 0.833. The third-order valence-electron chi connectivity index (χ3n) is 3.30. The average Bonchev–Trinajstić information content (AvgIpc) is 2.53. The number of rotatable bonds is 6. The highest BCUT2D eigenvalue weighted by molar-refractivity contribution is 6.31. The monoisotopic (exact) mass is 348 g/mol. The van der Waals surface area contributed by atoms with Crippen LogP contribution in [0, 0.1) is 5.92 Å². The standard InChI is InChI=1S/C17H17ClN2O4/c1-11(16(21)22)10-24-15-7-5-13(6-8-15)20(17(19)23)14-4-2-3-12(18)9-14/h2-9,11H,10H2,1H3,(H2,19,23)(H,21,22). The first-order chi connectivity index (χ1) is 11.4. The van der Waals surface area contributed by atoms with Crippen molar-refractivity contribution in [1.82, 2.24) is 0 Å². The number of anilines is 2. The molecule has 0 heterocycles. The van der Waals surface area contributed by atoms with Crippen molar-refractivity contribution in [2.45, 2.75) is 6.92 Å². The molecule has 0 fully saturated rings. The highest BCUT2D eigenvalue weighted by Crippen LogP contribution is 2.28. The first-order valence-corrected chi connectivity index (χ1v) is 7.57. The van der Waals surface area contributed by atoms with Gasteiger partial charge in [-0.05, 0) is 49.4 Å². The van der Waals surface area contributed by atoms with Gasteiger partial charge in [0.05, 0.1) is 17.3 Å². The molecule has 0 saturated heterocycles. The molecule has 0 saturated carbocycles. The van der Waals surface area contributed by atoms with Crippen LogP contribution in [-0.4, -0.2) is 23.7 Å². The van der Waals surface area contributed by atoms with E-state index in [1.54, 1.807) is 55.5 Å². The molecule has 6 nitrogen and oxygen atoms in total. The maximum atomic E-state index is 11.8. The molecule has 1 unspecified atom stereocenters. The number of hydrogen-bond donors (Lipinski definition) is 2. The maximum Gasteiger partial charge on any atom is 0.323 e. The van der Waals surface area contributed by atoms with Gasteiger partial charge < -0.3 is 15.6 Å². The van der Waals surface area contributed by atoms with E-state index in [4.69, 9.17) is 27.2 Å². The van der Waals surface area contributed by atoms with E-state index in [0.717, 1.165) is 0 Å². The van der Waals surface area contributed by atoms with Gasteiger partial charge in [0.25, 0.3) is 0 Å². The number of nitrogens with zero attached hydrogens (tertiary/aromatic N) is 1. The highest BCUT2D eigenvalue weighted by atomic mass is 35.5. The smallest absolute Gasteiger partial charge is 0.323 e. The first kappa shape index (κ1) is 17.6. The van der Waals surface area contributed by atoms with Gasteiger partial charge >= 0.3 is 12.0 Å². The molecule has 3 N–H and O–H groups in total. The molecule has 0 spiro atoms. The van der Waals surface area contributed by atoms with Gasteiger partial charge in [0.15, 0.2) is 0 Å². The Morgan fingerprint density at radius 2 is 1.88 bits per heavy atom. The van der Waals surface area contributed by atoms with Gasteiger partial charge in [-0.2, -0.15) is 0 Å². The molecule has 24 heavy (non-hydrogen) atoms. The first-order valence-electron chi connectivity index (χ1n) is 7.19. The van der Waals surface area contributed by atoms with Crippen molar-refractivity contribution in [1.29, 1.82) is 0 Å². The van der Waals surface area contributed by atoms with Crippen LogP contribution in [0.2, 0.25) is 5.02 Å². The normalized spacial score (nSPS) is 11.6. The third-order valence-corrected chi connectivity index (χ3v) is 3.54. The van der Waals surface area contributed by atoms with Crippen molar-refractivity contribution >= 4 is 35.0 Å². The maximum absolute atomic E-state index is 11.8. The number of nitrogens with two attached hydrogens (primary N) is 1. The van der Waals surface area contributed by atoms with Gasteiger partial charge in [-0.3, -0.25) is 9.69 Å². The summed E-state index contributed by atoms with van der Waals surface area (Å²) in [7, 11) is 0. The molecule has 2 aromatic carbocycles. The van der Waals surface area contributed by atoms with Crippen molar-refractivity contribution in [2.75, 3.05) is 11.5 Å². The summed E-state index contributed by atoms with van der Waals surface area (Å²) in [6, 6.07) is 12.7. The molecule has 0 aliphatic rings. The summed E-state index contributed by atoms with van der Waals surface area (Å²) in [6.45, 7) is 1.62. The summed E-state index contributed by atoms with van der Waals surface area (Å²) < 4.78 is 5.41. The number of aliphatic carboxylic acids is 1. The number of carbonyl (C=O) groups is 2. The number of benzene rings is 2. The summed E-state index contributed by atoms with van der Waals surface area (Å²) in [5.74, 6) is -1.03. The van der Waals surface area contributed by atoms with Crippen molar-refractivity contribution in [2.24, 2.45) is 11.7 Å². The Labute approximate surface area is 144 Å². The Morgan fingerprint density at radius 3 is 2.42 bits per heavy atom. The van der Waals surface area contributed by atoms with Gasteiger partial charge in [0.1, 0.15) is 12.4 Å². The number of urea groups is 1. The fourth-order valence-electron chi connectivity index (χ4n) is 2.00. The van der Waals surface area contributed by atoms with Crippen molar-refractivity contribution in [3.05, 3.63) is 53.6 Å². The van der Waals surface area contributed by atoms with E-state index in [1.165, 1.54) is 4.90 Å². The summed E-state index contributed by atoms with van der Waals surface area (Å²) in [5, 5.41) is 9.32. The average molecular weight is 349 g/mol. The molecular weight excluding hydrogens is 332 g/mol. The summed E-state index contributed by atoms with van der Waals surface area (Å²) >= 11 is 5.96. The predicted molar refractivity (Wildman–Crippen MR) is 91.9 cm³/mol. The lowest BCUT2D eigenvalue weighted by molar-refractivity contribution is -0.142. The minimum Gasteiger partial charge on any atom is -0.493 e. The fourth-order valence-corrected chi connectivity index (χ4v) is 2.19. The number of halogens is 1. The summed E-state index contributed by atoms with van der Waals surface area (Å²) in [5.41, 5.74) is 6.56. The van der Waals surface area contributed by atoms with Crippen molar-refractivity contribution in [3.8, 4) is 5.75 Å². The largest absolute Gasteiger partial charge is 0.493 e. The van der Waals surface area contributed by atoms with Crippen molar-refractivity contribution < 1.29 is 19.4 Å². The topological polar surface area (TPSA) is 92.9 Å². The SMILES string of the molecule is CC(COc1ccc(N(C(N)=O)c2cccc(Cl)c2)cc1)C(=O)O. The van der Waals surface area contributed by atoms with Gasteiger partial charge in [-0.15, -0.1) is 0 Å². The van der Waals surface area contributed by atoms with Crippen LogP contribution < -0.4 is 15.4 Å². The van der Waals surface area contributed by atoms with Crippen LogP contribution in [0.4, 0.5) is 16.2 Å². The number of primary amides is 1. The van der Waals surface area contributed by atoms with Gasteiger partial charge in [-0.1, -0.05) is 17.7 Å². The number of ether oxygens (including phenoxy) is 1. The Kier molecular flexibility index (Phi) is 5.65. The molecule has 7 heteroatoms. The lowest BCUT2D eigenvalue weighted by atomic mass is 10.2. The molecule has 0 bridgehead atoms. The van der Waals surface area contributed by atoms with Crippen LogP contribution in [0.15, 0.2) is 48.5 Å². The second kappa shape index (κ2) is 7.70. The third kappa shape index (κ3) is 4.39. The highest BCUT2D eigenvalue weighted by Gasteiger charge is 2.16. The number of carbonyl (C=O) groups excluding carboxylic acids is 1. The molecule has 0 aliphatic heterocycles. The minimum absolute atomic E-state index is 0.0580. The van der Waals surface area contributed by atoms with E-state index in [9.17, 15) is 9.59 Å². The van der Waals surface area contributed by atoms with E-state index in [-0.39, 0.29) is 6.61 Å². The summed E-state index contributed by atoms with van der Waals surface area (Å²) in [4.78, 5) is 23.9. The number of amides is 2. The molecule has 2 amide bonds. The molecule has 2 rings (SSSR count). The predicted octanol–water partition coefficient (Wildman–Crippen LogP) is 3.66. The fraction of sp³-hybridized carbons (Fsp3) is 0.176. The molecule has 0 aliphatic carbocycles. The van der Waals surface area contributed by atoms with E-state index in [2.05, 4.69) is 0 Å². The van der Waals surface area contributed by atoms with Crippen molar-refractivity contribution in [3.63, 3.8) is 0 Å². The van der Waals surface area contributed by atoms with Crippen LogP contribution >= 0.6 is 11.6 Å². The van der Waals surface area contributed by atoms with Crippen LogP contribution in [0.1, 0.15) is 6.92 Å². The Balaban J connectivity index is 2.18. The molecule has 2 aromatic rings. The van der Waals surface area contributed by atoms with Gasteiger partial charge in [-0.25, -0.2) is 4.79 Å². The minimum atomic E-state index is -0.924. The molecule has 1 atom stereocenters. The zero-order chi connectivity index (χ0) is 17.7. The van der Waals surface area contributed by atoms with Gasteiger partial charge in [0.2, 0.25) is 0 Å². The van der Waals surface area contributed by atoms with Gasteiger partial charge in [0, 0.05) is 5.02 Å². The van der Waals surface area contributed by atoms with Crippen LogP contribution in [0.3, 0.4) is 0 Å². The second-order valence-corrected chi connectivity index (χ2v) is 5.63. The van der Waals surface area contributed by atoms with Crippen LogP contribution in [0.5, 0.6) is 5.75 Å². The zero-order valence-electron chi connectivity index (χ0n) is 13.0. The summed E-state index contributed by atoms with van der Waals surface area (Å²) in [6.07, 6.45) is 0. The lowest BCUT2D eigenvalue weighted by Crippen LogP contribution is -2.31. The zero-order valence-corrected chi connectivity index (χ0v) is 13.7. The Bertz CT molecular complexity index is 734. The second-order valence-electron chi connectivity index (χ2n) is 5.20. The number of hydrogen-bond acceptors (Lipinski definition) is 3.